The van der Waals surface area contributed by atoms with E-state index >= 15 is 0 Å². The second kappa shape index (κ2) is 8.55. The van der Waals surface area contributed by atoms with Crippen molar-refractivity contribution < 1.29 is 9.18 Å². The van der Waals surface area contributed by atoms with Crippen molar-refractivity contribution in [2.24, 2.45) is 0 Å². The van der Waals surface area contributed by atoms with Crippen LogP contribution in [0.5, 0.6) is 0 Å². The number of carbonyl (C=O) groups excluding carboxylic acids is 1. The molecule has 0 aliphatic heterocycles. The van der Waals surface area contributed by atoms with Crippen LogP contribution >= 0.6 is 0 Å². The minimum atomic E-state index is -0.232. The van der Waals surface area contributed by atoms with E-state index in [-0.39, 0.29) is 17.8 Å². The number of halogens is 1. The van der Waals surface area contributed by atoms with Crippen molar-refractivity contribution in [3.8, 4) is 0 Å². The van der Waals surface area contributed by atoms with Crippen LogP contribution in [0.25, 0.3) is 0 Å². The zero-order chi connectivity index (χ0) is 17.5. The van der Waals surface area contributed by atoms with Crippen molar-refractivity contribution in [1.29, 1.82) is 0 Å². The highest BCUT2D eigenvalue weighted by Gasteiger charge is 2.17. The molecule has 5 nitrogen and oxygen atoms in total. The van der Waals surface area contributed by atoms with E-state index < -0.39 is 0 Å². The van der Waals surface area contributed by atoms with Crippen molar-refractivity contribution in [3.05, 3.63) is 53.7 Å². The molecule has 3 rings (SSSR count). The maximum Gasteiger partial charge on any atom is 0.271 e. The lowest BCUT2D eigenvalue weighted by Gasteiger charge is -2.22. The van der Waals surface area contributed by atoms with Gasteiger partial charge in [-0.1, -0.05) is 31.4 Å². The lowest BCUT2D eigenvalue weighted by atomic mass is 9.95. The summed E-state index contributed by atoms with van der Waals surface area (Å²) in [6, 6.07) is 6.70. The summed E-state index contributed by atoms with van der Waals surface area (Å²) in [6.07, 6.45) is 9.51. The van der Waals surface area contributed by atoms with Gasteiger partial charge in [0.15, 0.2) is 0 Å². The molecule has 0 atom stereocenters. The molecule has 0 saturated heterocycles. The van der Waals surface area contributed by atoms with Gasteiger partial charge in [0.05, 0.1) is 12.4 Å². The van der Waals surface area contributed by atoms with Gasteiger partial charge in [-0.15, -0.1) is 0 Å². The Labute approximate surface area is 147 Å². The lowest BCUT2D eigenvalue weighted by Crippen LogP contribution is -2.36. The molecule has 132 valence electrons. The monoisotopic (exact) mass is 342 g/mol. The van der Waals surface area contributed by atoms with Gasteiger partial charge in [-0.25, -0.2) is 14.4 Å². The Bertz CT molecular complexity index is 682. The number of nitrogens with one attached hydrogen (secondary N) is 2. The molecule has 1 aliphatic rings. The Morgan fingerprint density at radius 2 is 1.84 bits per heavy atom. The number of benzene rings is 1. The molecule has 1 saturated carbocycles. The van der Waals surface area contributed by atoms with Gasteiger partial charge in [0.2, 0.25) is 0 Å². The number of nitrogens with zero attached hydrogens (tertiary/aromatic N) is 2. The third kappa shape index (κ3) is 5.24. The molecule has 25 heavy (non-hydrogen) atoms. The fourth-order valence-electron chi connectivity index (χ4n) is 3.03. The first-order valence-electron chi connectivity index (χ1n) is 8.82. The fourth-order valence-corrected chi connectivity index (χ4v) is 3.03. The highest BCUT2D eigenvalue weighted by atomic mass is 19.1. The SMILES string of the molecule is O=C(NC1CCCCC1)c1cnc(NCCc2ccc(F)cc2)cn1. The summed E-state index contributed by atoms with van der Waals surface area (Å²) < 4.78 is 12.9. The smallest absolute Gasteiger partial charge is 0.271 e. The normalized spacial score (nSPS) is 14.9. The summed E-state index contributed by atoms with van der Waals surface area (Å²) in [6.45, 7) is 0.661. The zero-order valence-electron chi connectivity index (χ0n) is 14.2. The molecule has 2 N–H and O–H groups in total. The van der Waals surface area contributed by atoms with Crippen LogP contribution in [-0.4, -0.2) is 28.5 Å². The Kier molecular flexibility index (Phi) is 5.93. The first-order chi connectivity index (χ1) is 12.2. The first kappa shape index (κ1) is 17.3. The molecule has 1 aromatic carbocycles. The minimum absolute atomic E-state index is 0.155. The van der Waals surface area contributed by atoms with Gasteiger partial charge >= 0.3 is 0 Å². The van der Waals surface area contributed by atoms with Crippen LogP contribution in [-0.2, 0) is 6.42 Å². The molecule has 1 fully saturated rings. The standard InChI is InChI=1S/C19H23FN4O/c20-15-8-6-14(7-9-15)10-11-21-18-13-22-17(12-23-18)19(25)24-16-4-2-1-3-5-16/h6-9,12-13,16H,1-5,10-11H2,(H,21,23)(H,24,25). The molecule has 1 amide bonds. The third-order valence-electron chi connectivity index (χ3n) is 4.46. The fraction of sp³-hybridized carbons (Fsp3) is 0.421. The average molecular weight is 342 g/mol. The molecule has 1 heterocycles. The number of hydrogen-bond acceptors (Lipinski definition) is 4. The maximum atomic E-state index is 12.9. The van der Waals surface area contributed by atoms with Crippen molar-refractivity contribution in [2.75, 3.05) is 11.9 Å². The summed E-state index contributed by atoms with van der Waals surface area (Å²) in [5.74, 6) is 0.234. The Morgan fingerprint density at radius 3 is 2.52 bits per heavy atom. The van der Waals surface area contributed by atoms with E-state index in [0.717, 1.165) is 24.8 Å². The zero-order valence-corrected chi connectivity index (χ0v) is 14.2. The number of anilines is 1. The molecule has 0 unspecified atom stereocenters. The second-order valence-electron chi connectivity index (χ2n) is 6.40. The van der Waals surface area contributed by atoms with Crippen LogP contribution in [0.4, 0.5) is 10.2 Å². The van der Waals surface area contributed by atoms with E-state index in [4.69, 9.17) is 0 Å². The Morgan fingerprint density at radius 1 is 1.08 bits per heavy atom. The van der Waals surface area contributed by atoms with E-state index in [0.29, 0.717) is 18.1 Å². The number of rotatable bonds is 6. The van der Waals surface area contributed by atoms with Gasteiger partial charge in [-0.05, 0) is 37.0 Å². The summed E-state index contributed by atoms with van der Waals surface area (Å²) in [4.78, 5) is 20.6. The van der Waals surface area contributed by atoms with Gasteiger partial charge in [0.1, 0.15) is 17.3 Å². The largest absolute Gasteiger partial charge is 0.368 e. The molecule has 1 aliphatic carbocycles. The predicted molar refractivity (Wildman–Crippen MR) is 95.0 cm³/mol. The summed E-state index contributed by atoms with van der Waals surface area (Å²) in [5.41, 5.74) is 1.39. The van der Waals surface area contributed by atoms with Gasteiger partial charge in [0, 0.05) is 12.6 Å². The number of amides is 1. The molecule has 2 aromatic rings. The lowest BCUT2D eigenvalue weighted by molar-refractivity contribution is 0.0922. The van der Waals surface area contributed by atoms with Crippen LogP contribution in [0, 0.1) is 5.82 Å². The van der Waals surface area contributed by atoms with Gasteiger partial charge in [0.25, 0.3) is 5.91 Å². The highest BCUT2D eigenvalue weighted by Crippen LogP contribution is 2.17. The van der Waals surface area contributed by atoms with E-state index in [2.05, 4.69) is 20.6 Å². The molecule has 6 heteroatoms. The predicted octanol–water partition coefficient (Wildman–Crippen LogP) is 3.33. The Hall–Kier alpha value is -2.50. The Balaban J connectivity index is 1.46. The van der Waals surface area contributed by atoms with Crippen molar-refractivity contribution >= 4 is 11.7 Å². The van der Waals surface area contributed by atoms with Crippen molar-refractivity contribution in [1.82, 2.24) is 15.3 Å². The van der Waals surface area contributed by atoms with Gasteiger partial charge in [-0.3, -0.25) is 4.79 Å². The van der Waals surface area contributed by atoms with Gasteiger partial charge in [-0.2, -0.15) is 0 Å². The summed E-state index contributed by atoms with van der Waals surface area (Å²) >= 11 is 0. The van der Waals surface area contributed by atoms with Crippen molar-refractivity contribution in [2.45, 2.75) is 44.6 Å². The van der Waals surface area contributed by atoms with Crippen LogP contribution in [0.2, 0.25) is 0 Å². The summed E-state index contributed by atoms with van der Waals surface area (Å²) in [7, 11) is 0. The molecule has 0 bridgehead atoms. The molecule has 1 aromatic heterocycles. The minimum Gasteiger partial charge on any atom is -0.368 e. The maximum absolute atomic E-state index is 12.9. The van der Waals surface area contributed by atoms with E-state index in [1.807, 2.05) is 0 Å². The van der Waals surface area contributed by atoms with Crippen LogP contribution in [0.15, 0.2) is 36.7 Å². The van der Waals surface area contributed by atoms with E-state index in [1.54, 1.807) is 18.3 Å². The molecule has 0 radical (unpaired) electrons. The first-order valence-corrected chi connectivity index (χ1v) is 8.82. The summed E-state index contributed by atoms with van der Waals surface area (Å²) in [5, 5.41) is 6.19. The van der Waals surface area contributed by atoms with E-state index in [9.17, 15) is 9.18 Å². The van der Waals surface area contributed by atoms with Crippen LogP contribution < -0.4 is 10.6 Å². The van der Waals surface area contributed by atoms with Gasteiger partial charge < -0.3 is 10.6 Å². The van der Waals surface area contributed by atoms with Crippen LogP contribution in [0.1, 0.15) is 48.2 Å². The number of hydrogen-bond donors (Lipinski definition) is 2. The molecular formula is C19H23FN4O. The van der Waals surface area contributed by atoms with Crippen LogP contribution in [0.3, 0.4) is 0 Å². The molecular weight excluding hydrogens is 319 g/mol. The molecule has 0 spiro atoms. The quantitative estimate of drug-likeness (QED) is 0.845. The number of aromatic nitrogens is 2. The van der Waals surface area contributed by atoms with E-state index in [1.165, 1.54) is 37.6 Å². The number of carbonyl (C=O) groups is 1. The second-order valence-corrected chi connectivity index (χ2v) is 6.40. The topological polar surface area (TPSA) is 66.9 Å². The average Bonchev–Trinajstić information content (AvgIpc) is 2.65. The highest BCUT2D eigenvalue weighted by molar-refractivity contribution is 5.92. The third-order valence-corrected chi connectivity index (χ3v) is 4.46. The van der Waals surface area contributed by atoms with Crippen molar-refractivity contribution in [3.63, 3.8) is 0 Å².